The molecule has 1 saturated heterocycles. The third kappa shape index (κ3) is 36.5. The highest BCUT2D eigenvalue weighted by atomic mass is 16.7. The van der Waals surface area contributed by atoms with Gasteiger partial charge in [-0.25, -0.2) is 0 Å². The molecular formula is C93H138N2O11. The molecule has 0 spiro atoms. The summed E-state index contributed by atoms with van der Waals surface area (Å²) in [6, 6.07) is 56.1. The van der Waals surface area contributed by atoms with Crippen LogP contribution in [0.25, 0.3) is 0 Å². The number of nitrogens with one attached hydrogen (secondary N) is 1. The Morgan fingerprint density at radius 2 is 0.755 bits per heavy atom. The Hall–Kier alpha value is -5.97. The number of hydrogen-bond donors (Lipinski definition) is 1. The van der Waals surface area contributed by atoms with Crippen molar-refractivity contribution in [3.05, 3.63) is 203 Å². The van der Waals surface area contributed by atoms with Crippen LogP contribution in [0, 0.1) is 0 Å². The van der Waals surface area contributed by atoms with Gasteiger partial charge in [0.25, 0.3) is 0 Å². The molecular weight excluding hydrogens is 1320 g/mol. The van der Waals surface area contributed by atoms with Crippen molar-refractivity contribution in [2.75, 3.05) is 47.1 Å². The van der Waals surface area contributed by atoms with Crippen LogP contribution >= 0.6 is 0 Å². The van der Waals surface area contributed by atoms with Crippen LogP contribution in [0.1, 0.15) is 260 Å². The molecule has 13 nitrogen and oxygen atoms in total. The first-order valence-electron chi connectivity index (χ1n) is 41.7. The summed E-state index contributed by atoms with van der Waals surface area (Å²) in [4.78, 5) is 17.9. The van der Waals surface area contributed by atoms with Gasteiger partial charge in [-0.15, -0.1) is 0 Å². The Labute approximate surface area is 641 Å². The lowest BCUT2D eigenvalue weighted by molar-refractivity contribution is -0.330. The van der Waals surface area contributed by atoms with Crippen LogP contribution in [0.3, 0.4) is 0 Å². The van der Waals surface area contributed by atoms with E-state index in [2.05, 4.69) is 91.7 Å². The molecule has 0 saturated carbocycles. The average molecular weight is 1460 g/mol. The Kier molecular flexibility index (Phi) is 46.3. The summed E-state index contributed by atoms with van der Waals surface area (Å²) in [5.41, 5.74) is 5.99. The van der Waals surface area contributed by atoms with Crippen LogP contribution in [-0.2, 0) is 82.3 Å². The largest absolute Gasteiger partial charge is 0.497 e. The number of hydrogen-bond acceptors (Lipinski definition) is 12. The highest BCUT2D eigenvalue weighted by molar-refractivity contribution is 5.76. The Balaban J connectivity index is 1.18. The van der Waals surface area contributed by atoms with Crippen LogP contribution in [0.15, 0.2) is 170 Å². The summed E-state index contributed by atoms with van der Waals surface area (Å²) in [5, 5.41) is 3.59. The molecule has 1 amide bonds. The van der Waals surface area contributed by atoms with E-state index in [1.807, 2.05) is 109 Å². The third-order valence-corrected chi connectivity index (χ3v) is 20.7. The van der Waals surface area contributed by atoms with E-state index in [9.17, 15) is 0 Å². The molecule has 0 bridgehead atoms. The van der Waals surface area contributed by atoms with E-state index >= 15 is 4.79 Å². The molecule has 1 fully saturated rings. The Morgan fingerprint density at radius 3 is 1.19 bits per heavy atom. The quantitative estimate of drug-likeness (QED) is 0.0366. The van der Waals surface area contributed by atoms with Gasteiger partial charge in [-0.05, 0) is 109 Å². The fourth-order valence-corrected chi connectivity index (χ4v) is 14.3. The number of benzene rings is 6. The predicted molar refractivity (Wildman–Crippen MR) is 432 cm³/mol. The molecule has 6 aromatic carbocycles. The van der Waals surface area contributed by atoms with E-state index in [1.54, 1.807) is 14.2 Å². The van der Waals surface area contributed by atoms with Gasteiger partial charge in [-0.2, -0.15) is 0 Å². The first-order valence-corrected chi connectivity index (χ1v) is 41.7. The van der Waals surface area contributed by atoms with Crippen molar-refractivity contribution in [3.63, 3.8) is 0 Å². The molecule has 0 unspecified atom stereocenters. The van der Waals surface area contributed by atoms with Gasteiger partial charge in [0.1, 0.15) is 42.0 Å². The van der Waals surface area contributed by atoms with Crippen LogP contribution in [0.4, 0.5) is 0 Å². The summed E-state index contributed by atoms with van der Waals surface area (Å²) in [5.74, 6) is 1.48. The highest BCUT2D eigenvalue weighted by Gasteiger charge is 2.50. The third-order valence-electron chi connectivity index (χ3n) is 20.7. The lowest BCUT2D eigenvalue weighted by atomic mass is 9.97. The zero-order valence-corrected chi connectivity index (χ0v) is 66.1. The van der Waals surface area contributed by atoms with E-state index in [-0.39, 0.29) is 38.9 Å². The van der Waals surface area contributed by atoms with Gasteiger partial charge in [-0.3, -0.25) is 4.79 Å². The molecule has 0 radical (unpaired) electrons. The number of nitrogens with zero attached hydrogens (tertiary/aromatic N) is 1. The molecule has 1 N–H and O–H groups in total. The molecule has 0 aliphatic carbocycles. The minimum atomic E-state index is -1.04. The van der Waals surface area contributed by atoms with Gasteiger partial charge >= 0.3 is 0 Å². The lowest BCUT2D eigenvalue weighted by Crippen LogP contribution is -2.62. The van der Waals surface area contributed by atoms with Crippen molar-refractivity contribution in [1.29, 1.82) is 0 Å². The van der Waals surface area contributed by atoms with Gasteiger partial charge in [0.15, 0.2) is 6.29 Å². The molecule has 1 aliphatic rings. The molecule has 7 rings (SSSR count). The first kappa shape index (κ1) is 87.3. The van der Waals surface area contributed by atoms with Crippen LogP contribution in [0.5, 0.6) is 11.5 Å². The fourth-order valence-electron chi connectivity index (χ4n) is 14.3. The number of carbonyl (C=O) groups excluding carboxylic acids is 1. The van der Waals surface area contributed by atoms with Crippen molar-refractivity contribution in [3.8, 4) is 11.5 Å². The molecule has 1 heterocycles. The predicted octanol–water partition coefficient (Wildman–Crippen LogP) is 22.2. The van der Waals surface area contributed by atoms with Crippen molar-refractivity contribution in [2.24, 2.45) is 0 Å². The van der Waals surface area contributed by atoms with E-state index in [1.165, 1.54) is 167 Å². The summed E-state index contributed by atoms with van der Waals surface area (Å²) >= 11 is 0. The normalized spacial score (nSPS) is 16.8. The minimum Gasteiger partial charge on any atom is -0.497 e. The summed E-state index contributed by atoms with van der Waals surface area (Å²) in [7, 11) is 3.37. The van der Waals surface area contributed by atoms with Gasteiger partial charge in [0.05, 0.1) is 79.2 Å². The molecule has 1 aliphatic heterocycles. The topological polar surface area (TPSA) is 125 Å². The van der Waals surface area contributed by atoms with Gasteiger partial charge in [-0.1, -0.05) is 333 Å². The SMILES string of the molecule is CCCCCCCCCCCCCC[C@@H](OCc1ccc(OC)cc1)[C@@H](OCc1ccc(OC)cc1)[C@H](CO[C@H]1O[C@H](COCc2ccccc2)[C@H](OCc2ccccc2)[C@H](OCc2ccccc2)[C@H]1OCc1ccccc1)NC(=O)CCCCCCCCN(CCCCCCCC)CCCCCCCC. The number of rotatable bonds is 63. The molecule has 106 heavy (non-hydrogen) atoms. The number of methoxy groups -OCH3 is 2. The van der Waals surface area contributed by atoms with Crippen LogP contribution in [0.2, 0.25) is 0 Å². The molecule has 13 heteroatoms. The van der Waals surface area contributed by atoms with E-state index in [0.29, 0.717) is 32.7 Å². The second-order valence-electron chi connectivity index (χ2n) is 29.6. The van der Waals surface area contributed by atoms with Crippen molar-refractivity contribution >= 4 is 5.91 Å². The maximum absolute atomic E-state index is 15.1. The van der Waals surface area contributed by atoms with Gasteiger partial charge in [0, 0.05) is 6.42 Å². The van der Waals surface area contributed by atoms with Crippen molar-refractivity contribution < 1.29 is 52.2 Å². The molecule has 8 atom stereocenters. The van der Waals surface area contributed by atoms with Crippen LogP contribution < -0.4 is 14.8 Å². The zero-order chi connectivity index (χ0) is 74.4. The van der Waals surface area contributed by atoms with Gasteiger partial charge in [0.2, 0.25) is 5.91 Å². The van der Waals surface area contributed by atoms with E-state index in [4.69, 9.17) is 47.4 Å². The summed E-state index contributed by atoms with van der Waals surface area (Å²) < 4.78 is 68.7. The monoisotopic (exact) mass is 1460 g/mol. The maximum atomic E-state index is 15.1. The van der Waals surface area contributed by atoms with E-state index < -0.39 is 49.0 Å². The highest BCUT2D eigenvalue weighted by Crippen LogP contribution is 2.33. The summed E-state index contributed by atoms with van der Waals surface area (Å²) in [6.45, 7) is 12.4. The molecule has 586 valence electrons. The number of unbranched alkanes of at least 4 members (excludes halogenated alkanes) is 26. The van der Waals surface area contributed by atoms with Crippen molar-refractivity contribution in [1.82, 2.24) is 10.2 Å². The maximum Gasteiger partial charge on any atom is 0.220 e. The Morgan fingerprint density at radius 1 is 0.387 bits per heavy atom. The van der Waals surface area contributed by atoms with Crippen molar-refractivity contribution in [2.45, 2.75) is 315 Å². The zero-order valence-electron chi connectivity index (χ0n) is 66.1. The van der Waals surface area contributed by atoms with Crippen LogP contribution in [-0.4, -0.2) is 107 Å². The second kappa shape index (κ2) is 56.3. The average Bonchev–Trinajstić information content (AvgIpc) is 0.777. The van der Waals surface area contributed by atoms with E-state index in [0.717, 1.165) is 89.8 Å². The number of carbonyl (C=O) groups is 1. The first-order chi connectivity index (χ1) is 52.4. The number of ether oxygens (including phenoxy) is 10. The number of amides is 1. The molecule has 0 aromatic heterocycles. The fraction of sp³-hybridized carbons (Fsp3) is 0.602. The molecule has 6 aromatic rings. The standard InChI is InChI=1S/C93H138N2O11/c1-6-9-12-15-18-19-20-21-22-23-26-43-56-86(100-70-81-58-62-83(97-4)63-59-81)89(101-74-82-60-64-84(98-5)65-61-82)85(94-88(96)57-44-27-24-25-30-47-68-95(66-45-28-16-13-10-7-2)67-46-29-17-14-11-8-3)75-105-93-92(104-73-80-54-41-34-42-55-80)91(103-72-79-52-39-33-40-53-79)90(102-71-78-50-37-32-38-51-78)87(106-93)76-99-69-77-48-35-31-36-49-77/h31-42,48-55,58-65,85-87,89-93H,6-30,43-47,56-57,66-76H2,1-5H3,(H,94,96)/t85-,86+,87+,89-,90-,91-,92+,93-/m0/s1. The Bertz CT molecular complexity index is 3020. The summed E-state index contributed by atoms with van der Waals surface area (Å²) in [6.07, 6.45) is 33.1. The van der Waals surface area contributed by atoms with Gasteiger partial charge < -0.3 is 57.6 Å². The minimum absolute atomic E-state index is 0.0109. The lowest BCUT2D eigenvalue weighted by Gasteiger charge is -2.46. The smallest absolute Gasteiger partial charge is 0.220 e. The second-order valence-corrected chi connectivity index (χ2v) is 29.6.